The molecular formula is C17H24N2O2. The second-order valence-corrected chi connectivity index (χ2v) is 6.33. The van der Waals surface area contributed by atoms with E-state index in [9.17, 15) is 10.2 Å². The van der Waals surface area contributed by atoms with E-state index in [0.29, 0.717) is 19.3 Å². The standard InChI is InChI=1S/C17H24N2O2/c1-19-15-9-5-4-8-13(15)14(18-19)12-16(20)17(21)10-6-2-3-7-11-17/h4-5,8-9,16,20-21H,2-3,6-7,10-12H2,1H3. The zero-order chi connectivity index (χ0) is 14.9. The normalized spacial score (nSPS) is 20.3. The largest absolute Gasteiger partial charge is 0.390 e. The Balaban J connectivity index is 1.84. The summed E-state index contributed by atoms with van der Waals surface area (Å²) < 4.78 is 1.84. The Morgan fingerprint density at radius 3 is 2.57 bits per heavy atom. The van der Waals surface area contributed by atoms with Gasteiger partial charge in [-0.3, -0.25) is 4.68 Å². The maximum absolute atomic E-state index is 10.8. The Bertz CT molecular complexity index is 612. The zero-order valence-corrected chi connectivity index (χ0v) is 12.6. The number of para-hydroxylation sites is 1. The first-order valence-corrected chi connectivity index (χ1v) is 7.91. The van der Waals surface area contributed by atoms with Gasteiger partial charge in [0.15, 0.2) is 0 Å². The van der Waals surface area contributed by atoms with Crippen molar-refractivity contribution in [2.45, 2.75) is 56.7 Å². The number of aromatic nitrogens is 2. The van der Waals surface area contributed by atoms with E-state index >= 15 is 0 Å². The summed E-state index contributed by atoms with van der Waals surface area (Å²) in [6.07, 6.45) is 5.36. The van der Waals surface area contributed by atoms with Crippen LogP contribution in [-0.2, 0) is 13.5 Å². The Kier molecular flexibility index (Phi) is 4.00. The van der Waals surface area contributed by atoms with Gasteiger partial charge in [-0.2, -0.15) is 5.10 Å². The molecule has 1 aromatic carbocycles. The molecule has 0 saturated heterocycles. The molecule has 0 radical (unpaired) electrons. The minimum atomic E-state index is -0.949. The van der Waals surface area contributed by atoms with Gasteiger partial charge in [0, 0.05) is 18.9 Å². The van der Waals surface area contributed by atoms with E-state index in [1.165, 1.54) is 0 Å². The lowest BCUT2D eigenvalue weighted by atomic mass is 9.86. The van der Waals surface area contributed by atoms with Crippen LogP contribution in [0.15, 0.2) is 24.3 Å². The minimum absolute atomic E-state index is 0.415. The highest BCUT2D eigenvalue weighted by atomic mass is 16.3. The van der Waals surface area contributed by atoms with Crippen LogP contribution in [0, 0.1) is 0 Å². The average molecular weight is 288 g/mol. The van der Waals surface area contributed by atoms with Gasteiger partial charge in [-0.1, -0.05) is 43.9 Å². The molecule has 4 heteroatoms. The molecule has 0 amide bonds. The molecule has 1 unspecified atom stereocenters. The summed E-state index contributed by atoms with van der Waals surface area (Å²) >= 11 is 0. The van der Waals surface area contributed by atoms with Crippen LogP contribution in [0.25, 0.3) is 10.9 Å². The second-order valence-electron chi connectivity index (χ2n) is 6.33. The fraction of sp³-hybridized carbons (Fsp3) is 0.588. The third kappa shape index (κ3) is 2.83. The summed E-state index contributed by atoms with van der Waals surface area (Å²) in [7, 11) is 1.92. The Hall–Kier alpha value is -1.39. The molecule has 1 aliphatic rings. The van der Waals surface area contributed by atoms with Crippen LogP contribution in [-0.4, -0.2) is 31.7 Å². The van der Waals surface area contributed by atoms with Crippen molar-refractivity contribution in [3.63, 3.8) is 0 Å². The molecule has 1 atom stereocenters. The van der Waals surface area contributed by atoms with Crippen LogP contribution in [0.2, 0.25) is 0 Å². The number of benzene rings is 1. The van der Waals surface area contributed by atoms with Crippen LogP contribution in [0.4, 0.5) is 0 Å². The monoisotopic (exact) mass is 288 g/mol. The van der Waals surface area contributed by atoms with E-state index in [-0.39, 0.29) is 0 Å². The van der Waals surface area contributed by atoms with Crippen molar-refractivity contribution in [1.29, 1.82) is 0 Å². The van der Waals surface area contributed by atoms with Crippen molar-refractivity contribution in [3.05, 3.63) is 30.0 Å². The highest BCUT2D eigenvalue weighted by Crippen LogP contribution is 2.32. The van der Waals surface area contributed by atoms with Gasteiger partial charge in [0.25, 0.3) is 0 Å². The quantitative estimate of drug-likeness (QED) is 0.853. The third-order valence-corrected chi connectivity index (χ3v) is 4.81. The fourth-order valence-corrected chi connectivity index (χ4v) is 3.49. The molecule has 0 bridgehead atoms. The van der Waals surface area contributed by atoms with E-state index in [0.717, 1.165) is 42.3 Å². The predicted molar refractivity (Wildman–Crippen MR) is 83.1 cm³/mol. The lowest BCUT2D eigenvalue weighted by Gasteiger charge is -2.31. The van der Waals surface area contributed by atoms with Gasteiger partial charge in [0.1, 0.15) is 0 Å². The van der Waals surface area contributed by atoms with E-state index in [4.69, 9.17) is 0 Å². The van der Waals surface area contributed by atoms with Gasteiger partial charge in [-0.25, -0.2) is 0 Å². The highest BCUT2D eigenvalue weighted by molar-refractivity contribution is 5.81. The molecule has 2 N–H and O–H groups in total. The van der Waals surface area contributed by atoms with Crippen LogP contribution < -0.4 is 0 Å². The Morgan fingerprint density at radius 1 is 1.19 bits per heavy atom. The van der Waals surface area contributed by atoms with Gasteiger partial charge >= 0.3 is 0 Å². The number of hydrogen-bond donors (Lipinski definition) is 2. The first-order chi connectivity index (χ1) is 10.1. The summed E-state index contributed by atoms with van der Waals surface area (Å²) in [6, 6.07) is 8.03. The number of hydrogen-bond acceptors (Lipinski definition) is 3. The molecule has 21 heavy (non-hydrogen) atoms. The van der Waals surface area contributed by atoms with Crippen molar-refractivity contribution in [2.75, 3.05) is 0 Å². The number of aryl methyl sites for hydroxylation is 1. The van der Waals surface area contributed by atoms with E-state index in [1.807, 2.05) is 36.0 Å². The molecule has 4 nitrogen and oxygen atoms in total. The summed E-state index contributed by atoms with van der Waals surface area (Å²) in [5, 5.41) is 26.9. The van der Waals surface area contributed by atoms with Crippen molar-refractivity contribution < 1.29 is 10.2 Å². The summed E-state index contributed by atoms with van der Waals surface area (Å²) in [4.78, 5) is 0. The topological polar surface area (TPSA) is 58.3 Å². The molecule has 1 aromatic heterocycles. The van der Waals surface area contributed by atoms with Crippen molar-refractivity contribution in [3.8, 4) is 0 Å². The first-order valence-electron chi connectivity index (χ1n) is 7.91. The second kappa shape index (κ2) is 5.78. The lowest BCUT2D eigenvalue weighted by molar-refractivity contribution is -0.0839. The Labute approximate surface area is 125 Å². The first kappa shape index (κ1) is 14.5. The molecule has 114 valence electrons. The molecule has 1 aliphatic carbocycles. The van der Waals surface area contributed by atoms with Crippen LogP contribution in [0.3, 0.4) is 0 Å². The molecule has 0 aliphatic heterocycles. The SMILES string of the molecule is Cn1nc(CC(O)C2(O)CCCCCC2)c2ccccc21. The third-order valence-electron chi connectivity index (χ3n) is 4.81. The number of rotatable bonds is 3. The highest BCUT2D eigenvalue weighted by Gasteiger charge is 2.36. The van der Waals surface area contributed by atoms with Gasteiger partial charge < -0.3 is 10.2 Å². The van der Waals surface area contributed by atoms with Crippen molar-refractivity contribution in [1.82, 2.24) is 9.78 Å². The maximum atomic E-state index is 10.8. The zero-order valence-electron chi connectivity index (χ0n) is 12.6. The van der Waals surface area contributed by atoms with Gasteiger partial charge in [-0.05, 0) is 18.9 Å². The van der Waals surface area contributed by atoms with E-state index in [1.54, 1.807) is 0 Å². The van der Waals surface area contributed by atoms with Crippen molar-refractivity contribution >= 4 is 10.9 Å². The minimum Gasteiger partial charge on any atom is -0.390 e. The number of aliphatic hydroxyl groups excluding tert-OH is 1. The molecule has 1 heterocycles. The number of fused-ring (bicyclic) bond motifs is 1. The smallest absolute Gasteiger partial charge is 0.0909 e. The lowest BCUT2D eigenvalue weighted by Crippen LogP contribution is -2.43. The van der Waals surface area contributed by atoms with Crippen LogP contribution in [0.1, 0.15) is 44.2 Å². The molecule has 2 aromatic rings. The number of aliphatic hydroxyl groups is 2. The fourth-order valence-electron chi connectivity index (χ4n) is 3.49. The molecule has 1 saturated carbocycles. The van der Waals surface area contributed by atoms with Gasteiger partial charge in [0.05, 0.1) is 22.9 Å². The summed E-state index contributed by atoms with van der Waals surface area (Å²) in [5.41, 5.74) is 0.987. The predicted octanol–water partition coefficient (Wildman–Crippen LogP) is 2.56. The van der Waals surface area contributed by atoms with E-state index < -0.39 is 11.7 Å². The molecular weight excluding hydrogens is 264 g/mol. The van der Waals surface area contributed by atoms with Gasteiger partial charge in [-0.15, -0.1) is 0 Å². The summed E-state index contributed by atoms with van der Waals surface area (Å²) in [6.45, 7) is 0. The Morgan fingerprint density at radius 2 is 1.86 bits per heavy atom. The number of nitrogens with zero attached hydrogens (tertiary/aromatic N) is 2. The molecule has 3 rings (SSSR count). The summed E-state index contributed by atoms with van der Waals surface area (Å²) in [5.74, 6) is 0. The van der Waals surface area contributed by atoms with Crippen LogP contribution >= 0.6 is 0 Å². The molecule has 1 fully saturated rings. The van der Waals surface area contributed by atoms with Gasteiger partial charge in [0.2, 0.25) is 0 Å². The average Bonchev–Trinajstić information content (AvgIpc) is 2.65. The van der Waals surface area contributed by atoms with E-state index in [2.05, 4.69) is 5.10 Å². The van der Waals surface area contributed by atoms with Crippen molar-refractivity contribution in [2.24, 2.45) is 7.05 Å². The van der Waals surface area contributed by atoms with Crippen LogP contribution in [0.5, 0.6) is 0 Å². The maximum Gasteiger partial charge on any atom is 0.0909 e. The molecule has 0 spiro atoms.